The molecule has 1 aromatic carbocycles. The van der Waals surface area contributed by atoms with Crippen LogP contribution < -0.4 is 4.90 Å². The van der Waals surface area contributed by atoms with Gasteiger partial charge in [0.05, 0.1) is 16.1 Å². The summed E-state index contributed by atoms with van der Waals surface area (Å²) in [7, 11) is 4.06. The largest absolute Gasteiger partial charge is 0.357 e. The SMILES string of the molecule is CC(=O)N1CCC(N(C)c2cc(-c3nc4ccccc4n3C)c(Cl)cn2)CC1. The molecule has 1 amide bonds. The summed E-state index contributed by atoms with van der Waals surface area (Å²) in [6.07, 6.45) is 3.57. The highest BCUT2D eigenvalue weighted by Gasteiger charge is 2.25. The van der Waals surface area contributed by atoms with E-state index >= 15 is 0 Å². The Morgan fingerprint density at radius 3 is 2.64 bits per heavy atom. The minimum Gasteiger partial charge on any atom is -0.357 e. The molecule has 3 aromatic rings. The molecule has 4 rings (SSSR count). The van der Waals surface area contributed by atoms with Crippen LogP contribution in [0.3, 0.4) is 0 Å². The fraction of sp³-hybridized carbons (Fsp3) is 0.381. The number of aryl methyl sites for hydroxylation is 1. The number of piperidine rings is 1. The first-order valence-electron chi connectivity index (χ1n) is 9.51. The van der Waals surface area contributed by atoms with Crippen molar-refractivity contribution in [1.82, 2.24) is 19.4 Å². The summed E-state index contributed by atoms with van der Waals surface area (Å²) in [5, 5.41) is 0.585. The van der Waals surface area contributed by atoms with Gasteiger partial charge < -0.3 is 14.4 Å². The third-order valence-electron chi connectivity index (χ3n) is 5.69. The fourth-order valence-electron chi connectivity index (χ4n) is 3.93. The van der Waals surface area contributed by atoms with E-state index in [1.165, 1.54) is 0 Å². The summed E-state index contributed by atoms with van der Waals surface area (Å²) >= 11 is 6.50. The topological polar surface area (TPSA) is 54.3 Å². The second-order valence-corrected chi connectivity index (χ2v) is 7.76. The van der Waals surface area contributed by atoms with Crippen molar-refractivity contribution in [2.75, 3.05) is 25.0 Å². The normalized spacial score (nSPS) is 15.2. The summed E-state index contributed by atoms with van der Waals surface area (Å²) in [6, 6.07) is 10.4. The number of nitrogens with zero attached hydrogens (tertiary/aromatic N) is 5. The molecule has 7 heteroatoms. The number of likely N-dealkylation sites (tertiary alicyclic amines) is 1. The van der Waals surface area contributed by atoms with Crippen molar-refractivity contribution in [3.8, 4) is 11.4 Å². The van der Waals surface area contributed by atoms with Gasteiger partial charge in [-0.25, -0.2) is 9.97 Å². The predicted octanol–water partition coefficient (Wildman–Crippen LogP) is 3.74. The molecular formula is C21H24ClN5O. The minimum atomic E-state index is 0.148. The lowest BCUT2D eigenvalue weighted by Crippen LogP contribution is -2.45. The molecule has 0 radical (unpaired) electrons. The Bertz CT molecular complexity index is 1020. The molecule has 1 aliphatic heterocycles. The number of pyridine rings is 1. The van der Waals surface area contributed by atoms with Gasteiger partial charge in [-0.3, -0.25) is 4.79 Å². The highest BCUT2D eigenvalue weighted by atomic mass is 35.5. The molecular weight excluding hydrogens is 374 g/mol. The Morgan fingerprint density at radius 2 is 1.96 bits per heavy atom. The molecule has 146 valence electrons. The first kappa shape index (κ1) is 18.7. The van der Waals surface area contributed by atoms with Crippen molar-refractivity contribution in [2.45, 2.75) is 25.8 Å². The zero-order chi connectivity index (χ0) is 19.8. The summed E-state index contributed by atoms with van der Waals surface area (Å²) in [4.78, 5) is 25.0. The van der Waals surface area contributed by atoms with Crippen LogP contribution in [0.15, 0.2) is 36.5 Å². The Morgan fingerprint density at radius 1 is 1.25 bits per heavy atom. The molecule has 0 spiro atoms. The van der Waals surface area contributed by atoms with Crippen LogP contribution >= 0.6 is 11.6 Å². The average molecular weight is 398 g/mol. The molecule has 1 aliphatic rings. The van der Waals surface area contributed by atoms with Crippen molar-refractivity contribution in [2.24, 2.45) is 7.05 Å². The zero-order valence-corrected chi connectivity index (χ0v) is 17.1. The van der Waals surface area contributed by atoms with E-state index in [4.69, 9.17) is 16.6 Å². The van der Waals surface area contributed by atoms with E-state index in [9.17, 15) is 4.79 Å². The fourth-order valence-corrected chi connectivity index (χ4v) is 4.12. The number of carbonyl (C=O) groups is 1. The number of imidazole rings is 1. The number of fused-ring (bicyclic) bond motifs is 1. The van der Waals surface area contributed by atoms with E-state index in [2.05, 4.69) is 27.6 Å². The smallest absolute Gasteiger partial charge is 0.219 e. The van der Waals surface area contributed by atoms with Crippen LogP contribution in [0.5, 0.6) is 0 Å². The lowest BCUT2D eigenvalue weighted by molar-refractivity contribution is -0.129. The monoisotopic (exact) mass is 397 g/mol. The van der Waals surface area contributed by atoms with Crippen molar-refractivity contribution in [3.05, 3.63) is 41.6 Å². The van der Waals surface area contributed by atoms with Gasteiger partial charge in [0.1, 0.15) is 11.6 Å². The molecule has 2 aromatic heterocycles. The maximum Gasteiger partial charge on any atom is 0.219 e. The van der Waals surface area contributed by atoms with Crippen molar-refractivity contribution in [3.63, 3.8) is 0 Å². The predicted molar refractivity (Wildman–Crippen MR) is 113 cm³/mol. The van der Waals surface area contributed by atoms with E-state index in [1.807, 2.05) is 36.2 Å². The highest BCUT2D eigenvalue weighted by Crippen LogP contribution is 2.32. The molecule has 1 fully saturated rings. The number of anilines is 1. The van der Waals surface area contributed by atoms with Gasteiger partial charge in [-0.2, -0.15) is 0 Å². The molecule has 0 aliphatic carbocycles. The maximum atomic E-state index is 11.6. The molecule has 1 saturated heterocycles. The number of amides is 1. The van der Waals surface area contributed by atoms with Crippen LogP contribution in [0.4, 0.5) is 5.82 Å². The molecule has 28 heavy (non-hydrogen) atoms. The minimum absolute atomic E-state index is 0.148. The highest BCUT2D eigenvalue weighted by molar-refractivity contribution is 6.33. The Balaban J connectivity index is 1.64. The van der Waals surface area contributed by atoms with Crippen LogP contribution in [0.1, 0.15) is 19.8 Å². The molecule has 3 heterocycles. The van der Waals surface area contributed by atoms with Crippen molar-refractivity contribution in [1.29, 1.82) is 0 Å². The number of rotatable bonds is 3. The van der Waals surface area contributed by atoms with Gasteiger partial charge in [0, 0.05) is 51.9 Å². The molecule has 0 atom stereocenters. The quantitative estimate of drug-likeness (QED) is 0.675. The number of benzene rings is 1. The Labute approximate surface area is 169 Å². The Hall–Kier alpha value is -2.60. The molecule has 6 nitrogen and oxygen atoms in total. The van der Waals surface area contributed by atoms with E-state index in [-0.39, 0.29) is 5.91 Å². The molecule has 0 saturated carbocycles. The summed E-state index contributed by atoms with van der Waals surface area (Å²) in [5.74, 6) is 1.84. The van der Waals surface area contributed by atoms with Gasteiger partial charge >= 0.3 is 0 Å². The number of hydrogen-bond donors (Lipinski definition) is 0. The number of hydrogen-bond acceptors (Lipinski definition) is 4. The van der Waals surface area contributed by atoms with Gasteiger partial charge in [-0.15, -0.1) is 0 Å². The number of halogens is 1. The van der Waals surface area contributed by atoms with Gasteiger partial charge in [0.25, 0.3) is 0 Å². The standard InChI is InChI=1S/C21H24ClN5O/c1-14(28)27-10-8-15(9-11-27)25(2)20-12-16(17(22)13-23-20)21-24-18-6-4-5-7-19(18)26(21)3/h4-7,12-13,15H,8-11H2,1-3H3. The van der Waals surface area contributed by atoms with Gasteiger partial charge in [-0.05, 0) is 31.0 Å². The second-order valence-electron chi connectivity index (χ2n) is 7.35. The van der Waals surface area contributed by atoms with Gasteiger partial charge in [-0.1, -0.05) is 23.7 Å². The van der Waals surface area contributed by atoms with Crippen LogP contribution in [-0.4, -0.2) is 51.5 Å². The number of carbonyl (C=O) groups excluding carboxylic acids is 1. The lowest BCUT2D eigenvalue weighted by atomic mass is 10.0. The number of aromatic nitrogens is 3. The lowest BCUT2D eigenvalue weighted by Gasteiger charge is -2.37. The van der Waals surface area contributed by atoms with E-state index in [0.29, 0.717) is 11.1 Å². The van der Waals surface area contributed by atoms with Crippen molar-refractivity contribution < 1.29 is 4.79 Å². The van der Waals surface area contributed by atoms with Gasteiger partial charge in [0.2, 0.25) is 5.91 Å². The average Bonchev–Trinajstić information content (AvgIpc) is 3.04. The van der Waals surface area contributed by atoms with E-state index in [0.717, 1.165) is 54.2 Å². The summed E-state index contributed by atoms with van der Waals surface area (Å²) < 4.78 is 2.06. The molecule has 0 unspecified atom stereocenters. The molecule has 0 N–H and O–H groups in total. The zero-order valence-electron chi connectivity index (χ0n) is 16.4. The van der Waals surface area contributed by atoms with E-state index in [1.54, 1.807) is 13.1 Å². The Kier molecular flexibility index (Phi) is 4.98. The van der Waals surface area contributed by atoms with Crippen LogP contribution in [0.25, 0.3) is 22.4 Å². The molecule has 0 bridgehead atoms. The third kappa shape index (κ3) is 3.33. The summed E-state index contributed by atoms with van der Waals surface area (Å²) in [6.45, 7) is 3.21. The van der Waals surface area contributed by atoms with Crippen LogP contribution in [0.2, 0.25) is 5.02 Å². The third-order valence-corrected chi connectivity index (χ3v) is 5.99. The van der Waals surface area contributed by atoms with Gasteiger partial charge in [0.15, 0.2) is 0 Å². The van der Waals surface area contributed by atoms with Crippen LogP contribution in [-0.2, 0) is 11.8 Å². The van der Waals surface area contributed by atoms with E-state index < -0.39 is 0 Å². The first-order chi connectivity index (χ1) is 13.5. The summed E-state index contributed by atoms with van der Waals surface area (Å²) in [5.41, 5.74) is 2.88. The maximum absolute atomic E-state index is 11.6. The van der Waals surface area contributed by atoms with Crippen LogP contribution in [0, 0.1) is 0 Å². The first-order valence-corrected chi connectivity index (χ1v) is 9.89. The van der Waals surface area contributed by atoms with Crippen molar-refractivity contribution >= 4 is 34.4 Å². The number of para-hydroxylation sites is 2. The second kappa shape index (κ2) is 7.43.